The van der Waals surface area contributed by atoms with Crippen LogP contribution >= 0.6 is 23.4 Å². The molecule has 4 rings (SSSR count). The SMILES string of the molecule is N#C/C(=C1/NC(c2ccc(Cl)cc2)=CS1)N1CCc2ccccc2C1. The molecule has 3 nitrogen and oxygen atoms in total. The van der Waals surface area contributed by atoms with Crippen molar-refractivity contribution in [2.45, 2.75) is 13.0 Å². The number of hydrogen-bond donors (Lipinski definition) is 1. The van der Waals surface area contributed by atoms with Gasteiger partial charge in [0.1, 0.15) is 16.8 Å². The predicted molar refractivity (Wildman–Crippen MR) is 103 cm³/mol. The fourth-order valence-electron chi connectivity index (χ4n) is 3.14. The Bertz CT molecular complexity index is 909. The van der Waals surface area contributed by atoms with E-state index < -0.39 is 0 Å². The summed E-state index contributed by atoms with van der Waals surface area (Å²) in [4.78, 5) is 2.16. The molecule has 0 saturated heterocycles. The van der Waals surface area contributed by atoms with Crippen LogP contribution in [0.4, 0.5) is 0 Å². The quantitative estimate of drug-likeness (QED) is 0.781. The summed E-state index contributed by atoms with van der Waals surface area (Å²) in [5.41, 5.74) is 5.46. The minimum Gasteiger partial charge on any atom is -0.356 e. The molecule has 2 heterocycles. The van der Waals surface area contributed by atoms with E-state index in [0.29, 0.717) is 5.70 Å². The summed E-state index contributed by atoms with van der Waals surface area (Å²) >= 11 is 7.53. The lowest BCUT2D eigenvalue weighted by atomic mass is 10.00. The molecule has 0 saturated carbocycles. The predicted octanol–water partition coefficient (Wildman–Crippen LogP) is 4.73. The fourth-order valence-corrected chi connectivity index (χ4v) is 4.15. The summed E-state index contributed by atoms with van der Waals surface area (Å²) in [6.07, 6.45) is 0.969. The second-order valence-electron chi connectivity index (χ2n) is 6.01. The Balaban J connectivity index is 1.56. The van der Waals surface area contributed by atoms with Gasteiger partial charge in [-0.1, -0.05) is 59.8 Å². The van der Waals surface area contributed by atoms with E-state index in [1.807, 2.05) is 29.7 Å². The number of nitrogens with one attached hydrogen (secondary N) is 1. The molecule has 5 heteroatoms. The normalized spacial score (nSPS) is 18.1. The first-order valence-electron chi connectivity index (χ1n) is 8.10. The second-order valence-corrected chi connectivity index (χ2v) is 7.33. The Hall–Kier alpha value is -2.35. The first-order chi connectivity index (χ1) is 12.2. The molecule has 2 aliphatic heterocycles. The molecular formula is C20H16ClN3S. The molecule has 2 aromatic rings. The molecule has 124 valence electrons. The van der Waals surface area contributed by atoms with Crippen molar-refractivity contribution in [3.05, 3.63) is 86.4 Å². The molecule has 0 atom stereocenters. The van der Waals surface area contributed by atoms with Crippen LogP contribution in [0.1, 0.15) is 16.7 Å². The van der Waals surface area contributed by atoms with Gasteiger partial charge in [0.2, 0.25) is 0 Å². The lowest BCUT2D eigenvalue weighted by molar-refractivity contribution is 0.332. The van der Waals surface area contributed by atoms with Crippen LogP contribution in [0.5, 0.6) is 0 Å². The summed E-state index contributed by atoms with van der Waals surface area (Å²) in [6, 6.07) is 18.6. The second kappa shape index (κ2) is 6.87. The highest BCUT2D eigenvalue weighted by Crippen LogP contribution is 2.34. The first-order valence-corrected chi connectivity index (χ1v) is 9.36. The summed E-state index contributed by atoms with van der Waals surface area (Å²) < 4.78 is 0. The Kier molecular flexibility index (Phi) is 4.44. The van der Waals surface area contributed by atoms with Gasteiger partial charge in [-0.3, -0.25) is 0 Å². The summed E-state index contributed by atoms with van der Waals surface area (Å²) in [5.74, 6) is 0. The number of nitriles is 1. The van der Waals surface area contributed by atoms with Crippen LogP contribution in [0.25, 0.3) is 5.70 Å². The van der Waals surface area contributed by atoms with Gasteiger partial charge < -0.3 is 10.2 Å². The van der Waals surface area contributed by atoms with Crippen molar-refractivity contribution in [1.82, 2.24) is 10.2 Å². The molecule has 0 aromatic heterocycles. The number of thioether (sulfide) groups is 1. The van der Waals surface area contributed by atoms with Crippen LogP contribution in [0.2, 0.25) is 5.02 Å². The van der Waals surface area contributed by atoms with Gasteiger partial charge in [0.15, 0.2) is 0 Å². The van der Waals surface area contributed by atoms with Gasteiger partial charge in [0, 0.05) is 23.5 Å². The van der Waals surface area contributed by atoms with Crippen LogP contribution in [0.3, 0.4) is 0 Å². The average molecular weight is 366 g/mol. The van der Waals surface area contributed by atoms with Crippen LogP contribution < -0.4 is 5.32 Å². The van der Waals surface area contributed by atoms with Gasteiger partial charge >= 0.3 is 0 Å². The van der Waals surface area contributed by atoms with E-state index in [9.17, 15) is 5.26 Å². The molecule has 0 amide bonds. The molecule has 0 spiro atoms. The van der Waals surface area contributed by atoms with Crippen LogP contribution in [-0.4, -0.2) is 11.4 Å². The Labute approximate surface area is 156 Å². The van der Waals surface area contributed by atoms with Crippen molar-refractivity contribution < 1.29 is 0 Å². The van der Waals surface area contributed by atoms with E-state index in [1.165, 1.54) is 11.1 Å². The number of benzene rings is 2. The highest BCUT2D eigenvalue weighted by Gasteiger charge is 2.23. The van der Waals surface area contributed by atoms with E-state index in [0.717, 1.165) is 40.8 Å². The third-order valence-electron chi connectivity index (χ3n) is 4.47. The molecule has 25 heavy (non-hydrogen) atoms. The Morgan fingerprint density at radius 2 is 1.88 bits per heavy atom. The number of nitrogens with zero attached hydrogens (tertiary/aromatic N) is 2. The van der Waals surface area contributed by atoms with E-state index in [1.54, 1.807) is 11.8 Å². The molecule has 0 bridgehead atoms. The Morgan fingerprint density at radius 1 is 1.12 bits per heavy atom. The van der Waals surface area contributed by atoms with Gasteiger partial charge in [-0.15, -0.1) is 0 Å². The standard InChI is InChI=1S/C20H16ClN3S/c21-17-7-5-15(6-8-17)18-13-25-20(23-18)19(11-22)24-10-9-14-3-1-2-4-16(14)12-24/h1-8,13,23H,9-10,12H2/b20-19+. The number of rotatable bonds is 2. The topological polar surface area (TPSA) is 39.1 Å². The highest BCUT2D eigenvalue weighted by molar-refractivity contribution is 8.06. The number of hydrogen-bond acceptors (Lipinski definition) is 4. The summed E-state index contributed by atoms with van der Waals surface area (Å²) in [5, 5.41) is 16.8. The highest BCUT2D eigenvalue weighted by atomic mass is 35.5. The van der Waals surface area contributed by atoms with Crippen molar-refractivity contribution in [2.24, 2.45) is 0 Å². The monoisotopic (exact) mass is 365 g/mol. The minimum absolute atomic E-state index is 0.708. The Morgan fingerprint density at radius 3 is 2.64 bits per heavy atom. The van der Waals surface area contributed by atoms with Crippen LogP contribution in [-0.2, 0) is 13.0 Å². The molecule has 2 aromatic carbocycles. The van der Waals surface area contributed by atoms with Crippen LogP contribution in [0, 0.1) is 11.3 Å². The lowest BCUT2D eigenvalue weighted by Gasteiger charge is -2.30. The van der Waals surface area contributed by atoms with Gasteiger partial charge in [-0.2, -0.15) is 5.26 Å². The van der Waals surface area contributed by atoms with E-state index in [4.69, 9.17) is 11.6 Å². The van der Waals surface area contributed by atoms with Gasteiger partial charge in [-0.25, -0.2) is 0 Å². The lowest BCUT2D eigenvalue weighted by Crippen LogP contribution is -2.31. The van der Waals surface area contributed by atoms with Crippen molar-refractivity contribution >= 4 is 29.1 Å². The number of fused-ring (bicyclic) bond motifs is 1. The van der Waals surface area contributed by atoms with Gasteiger partial charge in [-0.05, 0) is 35.2 Å². The van der Waals surface area contributed by atoms with Gasteiger partial charge in [0.05, 0.1) is 5.70 Å². The molecule has 2 aliphatic rings. The largest absolute Gasteiger partial charge is 0.356 e. The van der Waals surface area contributed by atoms with Crippen LogP contribution in [0.15, 0.2) is 64.7 Å². The maximum absolute atomic E-state index is 9.74. The molecule has 0 fully saturated rings. The molecule has 1 N–H and O–H groups in total. The van der Waals surface area contributed by atoms with E-state index in [2.05, 4.69) is 40.6 Å². The smallest absolute Gasteiger partial charge is 0.147 e. The zero-order valence-electron chi connectivity index (χ0n) is 13.5. The number of halogens is 1. The van der Waals surface area contributed by atoms with Crippen molar-refractivity contribution in [2.75, 3.05) is 6.54 Å². The maximum atomic E-state index is 9.74. The first kappa shape index (κ1) is 16.1. The minimum atomic E-state index is 0.708. The fraction of sp³-hybridized carbons (Fsp3) is 0.150. The average Bonchev–Trinajstić information content (AvgIpc) is 3.12. The molecular weight excluding hydrogens is 350 g/mol. The number of allylic oxidation sites excluding steroid dienone is 1. The van der Waals surface area contributed by atoms with E-state index in [-0.39, 0.29) is 0 Å². The van der Waals surface area contributed by atoms with Crippen molar-refractivity contribution in [3.8, 4) is 6.07 Å². The zero-order chi connectivity index (χ0) is 17.2. The molecule has 0 unspecified atom stereocenters. The summed E-state index contributed by atoms with van der Waals surface area (Å²) in [7, 11) is 0. The maximum Gasteiger partial charge on any atom is 0.147 e. The summed E-state index contributed by atoms with van der Waals surface area (Å²) in [6.45, 7) is 1.64. The zero-order valence-corrected chi connectivity index (χ0v) is 15.1. The third-order valence-corrected chi connectivity index (χ3v) is 5.60. The molecule has 0 radical (unpaired) electrons. The van der Waals surface area contributed by atoms with Crippen molar-refractivity contribution in [3.63, 3.8) is 0 Å². The third kappa shape index (κ3) is 3.26. The van der Waals surface area contributed by atoms with Gasteiger partial charge in [0.25, 0.3) is 0 Å². The van der Waals surface area contributed by atoms with Crippen molar-refractivity contribution in [1.29, 1.82) is 5.26 Å². The van der Waals surface area contributed by atoms with E-state index >= 15 is 0 Å². The molecule has 0 aliphatic carbocycles.